The molecule has 3 heterocycles. The summed E-state index contributed by atoms with van der Waals surface area (Å²) in [6.07, 6.45) is 5.07. The Labute approximate surface area is 159 Å². The molecule has 4 aromatic rings. The van der Waals surface area contributed by atoms with Crippen molar-refractivity contribution in [2.75, 3.05) is 0 Å². The van der Waals surface area contributed by atoms with Crippen LogP contribution in [0, 0.1) is 5.92 Å². The van der Waals surface area contributed by atoms with Crippen molar-refractivity contribution in [3.8, 4) is 0 Å². The molecule has 132 valence electrons. The summed E-state index contributed by atoms with van der Waals surface area (Å²) in [6.45, 7) is 2.25. The van der Waals surface area contributed by atoms with Crippen LogP contribution in [0.15, 0.2) is 29.1 Å². The SMILES string of the molecule is CC[C@H]1CCc2c(sc3nc(Cc4nc5ccccc5s4)[nH]c(=O)c23)C1. The van der Waals surface area contributed by atoms with Gasteiger partial charge in [0, 0.05) is 4.88 Å². The number of aryl methyl sites for hydroxylation is 1. The maximum Gasteiger partial charge on any atom is 0.259 e. The molecule has 0 fully saturated rings. The number of H-pyrrole nitrogens is 1. The van der Waals surface area contributed by atoms with Crippen LogP contribution in [-0.2, 0) is 19.3 Å². The third-order valence-electron chi connectivity index (χ3n) is 5.30. The molecule has 6 heteroatoms. The number of aromatic nitrogens is 3. The topological polar surface area (TPSA) is 58.6 Å². The zero-order valence-electron chi connectivity index (χ0n) is 14.5. The molecule has 1 N–H and O–H groups in total. The summed E-state index contributed by atoms with van der Waals surface area (Å²) in [5.74, 6) is 1.46. The van der Waals surface area contributed by atoms with Crippen LogP contribution in [0.4, 0.5) is 0 Å². The number of nitrogens with one attached hydrogen (secondary N) is 1. The molecule has 1 atom stereocenters. The highest BCUT2D eigenvalue weighted by Crippen LogP contribution is 2.36. The van der Waals surface area contributed by atoms with Crippen molar-refractivity contribution in [2.24, 2.45) is 5.92 Å². The smallest absolute Gasteiger partial charge is 0.259 e. The number of rotatable bonds is 3. The Kier molecular flexibility index (Phi) is 3.90. The van der Waals surface area contributed by atoms with E-state index in [2.05, 4.69) is 23.0 Å². The third-order valence-corrected chi connectivity index (χ3v) is 7.49. The maximum absolute atomic E-state index is 12.7. The molecule has 3 aromatic heterocycles. The van der Waals surface area contributed by atoms with Crippen LogP contribution in [0.2, 0.25) is 0 Å². The van der Waals surface area contributed by atoms with E-state index < -0.39 is 0 Å². The third kappa shape index (κ3) is 2.68. The average molecular weight is 382 g/mol. The van der Waals surface area contributed by atoms with Gasteiger partial charge in [0.2, 0.25) is 0 Å². The Balaban J connectivity index is 1.54. The summed E-state index contributed by atoms with van der Waals surface area (Å²) in [7, 11) is 0. The highest BCUT2D eigenvalue weighted by molar-refractivity contribution is 7.19. The molecule has 26 heavy (non-hydrogen) atoms. The van der Waals surface area contributed by atoms with Crippen LogP contribution in [0.5, 0.6) is 0 Å². The zero-order chi connectivity index (χ0) is 17.7. The number of nitrogens with zero attached hydrogens (tertiary/aromatic N) is 2. The van der Waals surface area contributed by atoms with Gasteiger partial charge in [0.25, 0.3) is 5.56 Å². The van der Waals surface area contributed by atoms with E-state index in [0.29, 0.717) is 12.2 Å². The van der Waals surface area contributed by atoms with E-state index in [1.807, 2.05) is 18.2 Å². The number of hydrogen-bond donors (Lipinski definition) is 1. The first-order valence-electron chi connectivity index (χ1n) is 9.09. The minimum absolute atomic E-state index is 0.0126. The molecular weight excluding hydrogens is 362 g/mol. The standard InChI is InChI=1S/C20H19N3OS2/c1-2-11-7-8-12-15(9-11)26-20-18(12)19(24)22-16(23-20)10-17-21-13-5-3-4-6-14(13)25-17/h3-6,11H,2,7-10H2,1H3,(H,22,23,24)/t11-/m0/s1. The lowest BCUT2D eigenvalue weighted by molar-refractivity contribution is 0.451. The molecule has 1 aliphatic rings. The van der Waals surface area contributed by atoms with E-state index in [1.165, 1.54) is 28.0 Å². The lowest BCUT2D eigenvalue weighted by Gasteiger charge is -2.20. The molecule has 0 saturated heterocycles. The molecule has 0 radical (unpaired) electrons. The van der Waals surface area contributed by atoms with Crippen molar-refractivity contribution in [3.05, 3.63) is 55.9 Å². The molecular formula is C20H19N3OS2. The number of thiophene rings is 1. The molecule has 0 unspecified atom stereocenters. The Hall–Kier alpha value is -2.05. The van der Waals surface area contributed by atoms with Gasteiger partial charge in [-0.1, -0.05) is 25.5 Å². The highest BCUT2D eigenvalue weighted by atomic mass is 32.1. The van der Waals surface area contributed by atoms with Gasteiger partial charge in [0.15, 0.2) is 0 Å². The first-order chi connectivity index (χ1) is 12.7. The van der Waals surface area contributed by atoms with Crippen molar-refractivity contribution in [1.29, 1.82) is 0 Å². The van der Waals surface area contributed by atoms with Gasteiger partial charge in [0.05, 0.1) is 22.0 Å². The van der Waals surface area contributed by atoms with Crippen LogP contribution in [0.1, 0.15) is 41.0 Å². The van der Waals surface area contributed by atoms with Crippen LogP contribution in [0.3, 0.4) is 0 Å². The Morgan fingerprint density at radius 2 is 2.12 bits per heavy atom. The summed E-state index contributed by atoms with van der Waals surface area (Å²) in [6, 6.07) is 8.12. The quantitative estimate of drug-likeness (QED) is 0.559. The van der Waals surface area contributed by atoms with Gasteiger partial charge in [-0.15, -0.1) is 22.7 Å². The van der Waals surface area contributed by atoms with Crippen molar-refractivity contribution in [3.63, 3.8) is 0 Å². The number of benzene rings is 1. The van der Waals surface area contributed by atoms with Crippen LogP contribution < -0.4 is 5.56 Å². The molecule has 4 nitrogen and oxygen atoms in total. The molecule has 5 rings (SSSR count). The lowest BCUT2D eigenvalue weighted by atomic mass is 9.86. The van der Waals surface area contributed by atoms with E-state index in [-0.39, 0.29) is 5.56 Å². The summed E-state index contributed by atoms with van der Waals surface area (Å²) in [5.41, 5.74) is 2.27. The Morgan fingerprint density at radius 1 is 1.23 bits per heavy atom. The second kappa shape index (κ2) is 6.28. The summed E-state index contributed by atoms with van der Waals surface area (Å²) >= 11 is 3.38. The number of hydrogen-bond acceptors (Lipinski definition) is 5. The maximum atomic E-state index is 12.7. The largest absolute Gasteiger partial charge is 0.310 e. The van der Waals surface area contributed by atoms with Gasteiger partial charge in [-0.25, -0.2) is 9.97 Å². The monoisotopic (exact) mass is 381 g/mol. The van der Waals surface area contributed by atoms with Gasteiger partial charge >= 0.3 is 0 Å². The fraction of sp³-hybridized carbons (Fsp3) is 0.350. The Morgan fingerprint density at radius 3 is 2.96 bits per heavy atom. The number of aromatic amines is 1. The van der Waals surface area contributed by atoms with Gasteiger partial charge in [-0.3, -0.25) is 4.79 Å². The minimum atomic E-state index is 0.0126. The van der Waals surface area contributed by atoms with E-state index in [9.17, 15) is 4.79 Å². The van der Waals surface area contributed by atoms with Gasteiger partial charge in [-0.2, -0.15) is 0 Å². The number of para-hydroxylation sites is 1. The summed E-state index contributed by atoms with van der Waals surface area (Å²) < 4.78 is 1.17. The molecule has 0 aliphatic heterocycles. The van der Waals surface area contributed by atoms with Gasteiger partial charge < -0.3 is 4.98 Å². The van der Waals surface area contributed by atoms with Crippen molar-refractivity contribution in [2.45, 2.75) is 39.0 Å². The molecule has 1 aromatic carbocycles. The van der Waals surface area contributed by atoms with Crippen molar-refractivity contribution in [1.82, 2.24) is 15.0 Å². The fourth-order valence-corrected chi connectivity index (χ4v) is 6.19. The number of thiazole rings is 1. The average Bonchev–Trinajstić information content (AvgIpc) is 3.21. The highest BCUT2D eigenvalue weighted by Gasteiger charge is 2.24. The first kappa shape index (κ1) is 16.1. The Bertz CT molecular complexity index is 1140. The normalized spacial score (nSPS) is 17.0. The predicted octanol–water partition coefficient (Wildman–Crippen LogP) is 4.70. The lowest BCUT2D eigenvalue weighted by Crippen LogP contribution is -2.15. The van der Waals surface area contributed by atoms with E-state index in [4.69, 9.17) is 4.98 Å². The fourth-order valence-electron chi connectivity index (χ4n) is 3.87. The van der Waals surface area contributed by atoms with E-state index >= 15 is 0 Å². The zero-order valence-corrected chi connectivity index (χ0v) is 16.2. The number of fused-ring (bicyclic) bond motifs is 4. The van der Waals surface area contributed by atoms with E-state index in [0.717, 1.165) is 39.5 Å². The van der Waals surface area contributed by atoms with Gasteiger partial charge in [-0.05, 0) is 42.9 Å². The molecule has 0 bridgehead atoms. The van der Waals surface area contributed by atoms with E-state index in [1.54, 1.807) is 22.7 Å². The minimum Gasteiger partial charge on any atom is -0.310 e. The van der Waals surface area contributed by atoms with Crippen molar-refractivity contribution >= 4 is 43.1 Å². The summed E-state index contributed by atoms with van der Waals surface area (Å²) in [5, 5.41) is 1.81. The van der Waals surface area contributed by atoms with Crippen LogP contribution >= 0.6 is 22.7 Å². The molecule has 1 aliphatic carbocycles. The van der Waals surface area contributed by atoms with Gasteiger partial charge in [0.1, 0.15) is 15.7 Å². The molecule has 0 saturated carbocycles. The first-order valence-corrected chi connectivity index (χ1v) is 10.7. The second-order valence-electron chi connectivity index (χ2n) is 6.97. The predicted molar refractivity (Wildman–Crippen MR) is 108 cm³/mol. The van der Waals surface area contributed by atoms with Crippen molar-refractivity contribution < 1.29 is 0 Å². The summed E-state index contributed by atoms with van der Waals surface area (Å²) in [4.78, 5) is 27.5. The van der Waals surface area contributed by atoms with Crippen LogP contribution in [0.25, 0.3) is 20.4 Å². The molecule has 0 amide bonds. The second-order valence-corrected chi connectivity index (χ2v) is 9.16. The molecule has 0 spiro atoms. The van der Waals surface area contributed by atoms with Crippen LogP contribution in [-0.4, -0.2) is 15.0 Å².